The minimum Gasteiger partial charge on any atom is -0.370 e. The van der Waals surface area contributed by atoms with Crippen molar-refractivity contribution in [3.63, 3.8) is 0 Å². The lowest BCUT2D eigenvalue weighted by atomic mass is 10.1. The van der Waals surface area contributed by atoms with Crippen molar-refractivity contribution >= 4 is 11.6 Å². The summed E-state index contributed by atoms with van der Waals surface area (Å²) < 4.78 is 8.15. The quantitative estimate of drug-likeness (QED) is 0.684. The zero-order valence-corrected chi connectivity index (χ0v) is 16.8. The van der Waals surface area contributed by atoms with Crippen LogP contribution in [0.25, 0.3) is 5.65 Å². The van der Waals surface area contributed by atoms with Crippen molar-refractivity contribution in [2.45, 2.75) is 39.3 Å². The summed E-state index contributed by atoms with van der Waals surface area (Å²) in [6, 6.07) is 4.14. The first-order chi connectivity index (χ1) is 14.0. The highest BCUT2D eigenvalue weighted by atomic mass is 16.5. The minimum absolute atomic E-state index is 0.147. The number of aromatic nitrogens is 4. The lowest BCUT2D eigenvalue weighted by Gasteiger charge is -2.32. The fourth-order valence-electron chi connectivity index (χ4n) is 3.74. The summed E-state index contributed by atoms with van der Waals surface area (Å²) in [6.07, 6.45) is 6.10. The van der Waals surface area contributed by atoms with Crippen LogP contribution in [0.5, 0.6) is 0 Å². The molecule has 4 heterocycles. The second kappa shape index (κ2) is 8.26. The summed E-state index contributed by atoms with van der Waals surface area (Å²) in [7, 11) is 0. The first-order valence-electron chi connectivity index (χ1n) is 9.87. The van der Waals surface area contributed by atoms with Gasteiger partial charge in [-0.1, -0.05) is 6.07 Å². The van der Waals surface area contributed by atoms with E-state index in [2.05, 4.69) is 51.4 Å². The minimum atomic E-state index is -0.337. The molecule has 0 radical (unpaired) electrons. The van der Waals surface area contributed by atoms with Crippen molar-refractivity contribution in [2.75, 3.05) is 19.7 Å². The lowest BCUT2D eigenvalue weighted by Crippen LogP contribution is -2.38. The molecule has 1 saturated heterocycles. The molecule has 152 valence electrons. The standard InChI is InChI=1S/C21H26N6O2/c1-14-4-3-7-27-18(15(2)24-21(14)27)12-26-8-9-29-19(13-26)17-11-23-10-16(25-17)5-6-20(22)28/h3-4,7,10-11,19H,5-6,8-9,12-13H2,1-2H3,(H2,22,28). The van der Waals surface area contributed by atoms with E-state index < -0.39 is 0 Å². The maximum Gasteiger partial charge on any atom is 0.217 e. The largest absolute Gasteiger partial charge is 0.370 e. The van der Waals surface area contributed by atoms with E-state index >= 15 is 0 Å². The van der Waals surface area contributed by atoms with Gasteiger partial charge in [-0.15, -0.1) is 0 Å². The average Bonchev–Trinajstić information content (AvgIpc) is 3.04. The topological polar surface area (TPSA) is 98.6 Å². The Labute approximate surface area is 169 Å². The molecule has 1 unspecified atom stereocenters. The van der Waals surface area contributed by atoms with E-state index in [-0.39, 0.29) is 18.4 Å². The van der Waals surface area contributed by atoms with E-state index in [0.29, 0.717) is 13.0 Å². The Balaban J connectivity index is 1.50. The van der Waals surface area contributed by atoms with Crippen LogP contribution >= 0.6 is 0 Å². The molecule has 2 N–H and O–H groups in total. The number of nitrogens with two attached hydrogens (primary N) is 1. The molecule has 1 fully saturated rings. The predicted octanol–water partition coefficient (Wildman–Crippen LogP) is 1.73. The number of fused-ring (bicyclic) bond motifs is 1. The first kappa shape index (κ1) is 19.5. The monoisotopic (exact) mass is 394 g/mol. The number of primary amides is 1. The van der Waals surface area contributed by atoms with Crippen molar-refractivity contribution in [1.29, 1.82) is 0 Å². The number of pyridine rings is 1. The second-order valence-corrected chi connectivity index (χ2v) is 7.52. The maximum atomic E-state index is 11.0. The molecule has 3 aromatic rings. The number of morpholine rings is 1. The Morgan fingerprint density at radius 3 is 3.00 bits per heavy atom. The van der Waals surface area contributed by atoms with Gasteiger partial charge in [0.1, 0.15) is 11.8 Å². The van der Waals surface area contributed by atoms with Crippen molar-refractivity contribution in [3.05, 3.63) is 59.1 Å². The van der Waals surface area contributed by atoms with E-state index in [4.69, 9.17) is 15.5 Å². The van der Waals surface area contributed by atoms with E-state index in [0.717, 1.165) is 42.4 Å². The van der Waals surface area contributed by atoms with Crippen LogP contribution in [0.3, 0.4) is 0 Å². The normalized spacial score (nSPS) is 17.7. The molecule has 1 amide bonds. The van der Waals surface area contributed by atoms with Gasteiger partial charge in [0.2, 0.25) is 5.91 Å². The molecule has 1 aliphatic heterocycles. The molecular weight excluding hydrogens is 368 g/mol. The molecule has 3 aromatic heterocycles. The number of imidazole rings is 1. The van der Waals surface area contributed by atoms with Crippen LogP contribution in [0.2, 0.25) is 0 Å². The van der Waals surface area contributed by atoms with Gasteiger partial charge in [-0.3, -0.25) is 19.7 Å². The van der Waals surface area contributed by atoms with Crippen molar-refractivity contribution < 1.29 is 9.53 Å². The lowest BCUT2D eigenvalue weighted by molar-refractivity contribution is -0.118. The van der Waals surface area contributed by atoms with E-state index in [1.165, 1.54) is 11.3 Å². The fraction of sp³-hybridized carbons (Fsp3) is 0.429. The molecule has 1 atom stereocenters. The van der Waals surface area contributed by atoms with Gasteiger partial charge in [0.15, 0.2) is 0 Å². The van der Waals surface area contributed by atoms with Gasteiger partial charge in [0.05, 0.1) is 35.6 Å². The highest BCUT2D eigenvalue weighted by molar-refractivity contribution is 5.73. The fourth-order valence-corrected chi connectivity index (χ4v) is 3.74. The molecule has 1 aliphatic rings. The number of hydrogen-bond donors (Lipinski definition) is 1. The van der Waals surface area contributed by atoms with Gasteiger partial charge in [0.25, 0.3) is 0 Å². The first-order valence-corrected chi connectivity index (χ1v) is 9.87. The highest BCUT2D eigenvalue weighted by Gasteiger charge is 2.25. The number of nitrogens with zero attached hydrogens (tertiary/aromatic N) is 5. The SMILES string of the molecule is Cc1nc2c(C)cccn2c1CN1CCOC(c2cncc(CCC(N)=O)n2)C1. The Hall–Kier alpha value is -2.84. The summed E-state index contributed by atoms with van der Waals surface area (Å²) in [4.78, 5) is 27.1. The summed E-state index contributed by atoms with van der Waals surface area (Å²) >= 11 is 0. The van der Waals surface area contributed by atoms with Crippen LogP contribution in [0.4, 0.5) is 0 Å². The summed E-state index contributed by atoms with van der Waals surface area (Å²) in [6.45, 7) is 7.15. The zero-order chi connectivity index (χ0) is 20.4. The summed E-state index contributed by atoms with van der Waals surface area (Å²) in [5.41, 5.74) is 11.2. The smallest absolute Gasteiger partial charge is 0.217 e. The van der Waals surface area contributed by atoms with Gasteiger partial charge in [-0.05, 0) is 31.9 Å². The molecule has 4 rings (SSSR count). The van der Waals surface area contributed by atoms with Crippen LogP contribution in [-0.2, 0) is 22.5 Å². The van der Waals surface area contributed by atoms with Crippen LogP contribution in [0.15, 0.2) is 30.7 Å². The van der Waals surface area contributed by atoms with E-state index in [1.807, 2.05) is 0 Å². The third-order valence-electron chi connectivity index (χ3n) is 5.33. The van der Waals surface area contributed by atoms with Gasteiger partial charge in [0, 0.05) is 38.4 Å². The molecule has 8 heteroatoms. The number of aryl methyl sites for hydroxylation is 3. The van der Waals surface area contributed by atoms with Gasteiger partial charge in [-0.25, -0.2) is 4.98 Å². The molecule has 0 saturated carbocycles. The van der Waals surface area contributed by atoms with E-state index in [1.54, 1.807) is 12.4 Å². The van der Waals surface area contributed by atoms with Gasteiger partial charge < -0.3 is 14.9 Å². The number of hydrogen-bond acceptors (Lipinski definition) is 6. The van der Waals surface area contributed by atoms with Crippen LogP contribution < -0.4 is 5.73 Å². The summed E-state index contributed by atoms with van der Waals surface area (Å²) in [5, 5.41) is 0. The second-order valence-electron chi connectivity index (χ2n) is 7.52. The van der Waals surface area contributed by atoms with Crippen molar-refractivity contribution in [1.82, 2.24) is 24.3 Å². The van der Waals surface area contributed by atoms with Crippen molar-refractivity contribution in [2.24, 2.45) is 5.73 Å². The molecule has 8 nitrogen and oxygen atoms in total. The number of carbonyl (C=O) groups excluding carboxylic acids is 1. The highest BCUT2D eigenvalue weighted by Crippen LogP contribution is 2.23. The Morgan fingerprint density at radius 2 is 2.17 bits per heavy atom. The number of rotatable bonds is 6. The van der Waals surface area contributed by atoms with Crippen LogP contribution in [0, 0.1) is 13.8 Å². The number of carbonyl (C=O) groups is 1. The van der Waals surface area contributed by atoms with Crippen LogP contribution in [-0.4, -0.2) is 49.9 Å². The Kier molecular flexibility index (Phi) is 5.55. The molecule has 29 heavy (non-hydrogen) atoms. The number of ether oxygens (including phenoxy) is 1. The Morgan fingerprint density at radius 1 is 1.31 bits per heavy atom. The van der Waals surface area contributed by atoms with Gasteiger partial charge in [-0.2, -0.15) is 0 Å². The molecule has 0 aromatic carbocycles. The van der Waals surface area contributed by atoms with Crippen molar-refractivity contribution in [3.8, 4) is 0 Å². The molecular formula is C21H26N6O2. The third kappa shape index (κ3) is 4.28. The van der Waals surface area contributed by atoms with E-state index in [9.17, 15) is 4.79 Å². The zero-order valence-electron chi connectivity index (χ0n) is 16.8. The maximum absolute atomic E-state index is 11.0. The molecule has 0 aliphatic carbocycles. The molecule has 0 spiro atoms. The summed E-state index contributed by atoms with van der Waals surface area (Å²) in [5.74, 6) is -0.337. The van der Waals surface area contributed by atoms with Crippen LogP contribution in [0.1, 0.15) is 40.9 Å². The third-order valence-corrected chi connectivity index (χ3v) is 5.33. The average molecular weight is 394 g/mol. The van der Waals surface area contributed by atoms with Gasteiger partial charge >= 0.3 is 0 Å². The predicted molar refractivity (Wildman–Crippen MR) is 108 cm³/mol. The molecule has 0 bridgehead atoms. The number of amides is 1. The Bertz CT molecular complexity index is 1030.